The molecule has 1 aromatic rings. The first-order valence-electron chi connectivity index (χ1n) is 12.0. The number of likely N-dealkylation sites (N-methyl/N-ethyl adjacent to an activating group) is 1. The number of benzene rings is 1. The van der Waals surface area contributed by atoms with Crippen molar-refractivity contribution in [2.24, 2.45) is 23.7 Å². The number of hydrogen-bond acceptors (Lipinski definition) is 6. The number of esters is 1. The lowest BCUT2D eigenvalue weighted by Crippen LogP contribution is -2.56. The highest BCUT2D eigenvalue weighted by atomic mass is 16.5. The van der Waals surface area contributed by atoms with E-state index in [1.54, 1.807) is 7.11 Å². The van der Waals surface area contributed by atoms with Gasteiger partial charge in [-0.1, -0.05) is 32.1 Å². The van der Waals surface area contributed by atoms with Crippen molar-refractivity contribution in [2.75, 3.05) is 33.9 Å². The van der Waals surface area contributed by atoms with E-state index < -0.39 is 11.7 Å². The van der Waals surface area contributed by atoms with E-state index in [4.69, 9.17) is 14.2 Å². The average molecular weight is 459 g/mol. The van der Waals surface area contributed by atoms with Crippen LogP contribution in [0.3, 0.4) is 0 Å². The summed E-state index contributed by atoms with van der Waals surface area (Å²) in [5.41, 5.74) is 0.0484. The Morgan fingerprint density at radius 1 is 1.27 bits per heavy atom. The van der Waals surface area contributed by atoms with Gasteiger partial charge in [0.2, 0.25) is 0 Å². The summed E-state index contributed by atoms with van der Waals surface area (Å²) < 4.78 is 16.8. The van der Waals surface area contributed by atoms with Crippen LogP contribution in [0, 0.1) is 30.1 Å². The second kappa shape index (κ2) is 10.9. The van der Waals surface area contributed by atoms with Crippen LogP contribution < -0.4 is 9.47 Å². The summed E-state index contributed by atoms with van der Waals surface area (Å²) in [5, 5.41) is 11.7. The van der Waals surface area contributed by atoms with Gasteiger partial charge in [0.25, 0.3) is 0 Å². The molecule has 0 heterocycles. The summed E-state index contributed by atoms with van der Waals surface area (Å²) in [6.45, 7) is 10.1. The minimum atomic E-state index is -0.956. The van der Waals surface area contributed by atoms with Gasteiger partial charge >= 0.3 is 5.97 Å². The standard InChI is InChI=1S/C27H40NO5/c1-18-15-23-22(12-11-20(3)27(23,30)16-26(18)33-21(4)29)19(2)17-28(5)13-14-32-25-10-8-7-9-24(25)31-6/h7-10,15-16,19-20,22-23,26,30H,11-14,17H2,1-6H3/t19?,20-,22+,23-,26-,27-/m1/s1. The van der Waals surface area contributed by atoms with E-state index in [0.717, 1.165) is 43.0 Å². The molecule has 33 heavy (non-hydrogen) atoms. The highest BCUT2D eigenvalue weighted by Crippen LogP contribution is 2.50. The Morgan fingerprint density at radius 3 is 2.64 bits per heavy atom. The van der Waals surface area contributed by atoms with Gasteiger partial charge in [0.15, 0.2) is 11.5 Å². The number of hydrogen-bond donors (Lipinski definition) is 1. The lowest BCUT2D eigenvalue weighted by atomic mass is 9.57. The number of carbonyl (C=O) groups excluding carboxylic acids is 1. The fraction of sp³-hybridized carbons (Fsp3) is 0.630. The average Bonchev–Trinajstić information content (AvgIpc) is 2.76. The molecule has 3 rings (SSSR count). The van der Waals surface area contributed by atoms with Crippen molar-refractivity contribution in [3.8, 4) is 11.5 Å². The van der Waals surface area contributed by atoms with Crippen molar-refractivity contribution in [1.29, 1.82) is 0 Å². The maximum atomic E-state index is 11.7. The fourth-order valence-corrected chi connectivity index (χ4v) is 5.52. The number of rotatable bonds is 9. The molecule has 1 radical (unpaired) electrons. The zero-order chi connectivity index (χ0) is 24.2. The smallest absolute Gasteiger partial charge is 0.303 e. The summed E-state index contributed by atoms with van der Waals surface area (Å²) in [7, 11) is 3.76. The SMILES string of the molecule is COc1ccccc1OCCN(C)CC(C)[C@@H]1CC[C@@H](C)[C@]2(O)[CH][C@@H](OC(C)=O)C(C)=C[C@H]12. The van der Waals surface area contributed by atoms with Gasteiger partial charge in [-0.05, 0) is 62.3 Å². The molecule has 6 atom stereocenters. The second-order valence-corrected chi connectivity index (χ2v) is 9.90. The van der Waals surface area contributed by atoms with E-state index in [9.17, 15) is 9.90 Å². The minimum Gasteiger partial charge on any atom is -0.493 e. The zero-order valence-corrected chi connectivity index (χ0v) is 20.9. The molecule has 6 nitrogen and oxygen atoms in total. The van der Waals surface area contributed by atoms with E-state index >= 15 is 0 Å². The van der Waals surface area contributed by atoms with Crippen molar-refractivity contribution in [1.82, 2.24) is 4.90 Å². The van der Waals surface area contributed by atoms with E-state index in [2.05, 4.69) is 31.9 Å². The number of nitrogens with zero attached hydrogens (tertiary/aromatic N) is 1. The van der Waals surface area contributed by atoms with Gasteiger partial charge in [-0.3, -0.25) is 4.79 Å². The molecule has 0 aliphatic heterocycles. The molecule has 0 bridgehead atoms. The molecular weight excluding hydrogens is 418 g/mol. The molecule has 2 aliphatic rings. The van der Waals surface area contributed by atoms with E-state index in [1.807, 2.05) is 37.6 Å². The third-order valence-corrected chi connectivity index (χ3v) is 7.45. The van der Waals surface area contributed by atoms with Crippen LogP contribution in [0.15, 0.2) is 35.9 Å². The lowest BCUT2D eigenvalue weighted by molar-refractivity contribution is -0.148. The predicted octanol–water partition coefficient (Wildman–Crippen LogP) is 4.13. The number of aliphatic hydroxyl groups is 1. The Hall–Kier alpha value is -2.05. The monoisotopic (exact) mass is 458 g/mol. The van der Waals surface area contributed by atoms with Gasteiger partial charge in [0.05, 0.1) is 12.7 Å². The Bertz CT molecular complexity index is 840. The van der Waals surface area contributed by atoms with Crippen LogP contribution in [0.1, 0.15) is 40.5 Å². The number of carbonyl (C=O) groups is 1. The quantitative estimate of drug-likeness (QED) is 0.443. The molecule has 1 N–H and O–H groups in total. The minimum absolute atomic E-state index is 0.0290. The molecule has 1 fully saturated rings. The Labute approximate surface area is 198 Å². The van der Waals surface area contributed by atoms with Crippen LogP contribution in [-0.4, -0.2) is 61.5 Å². The molecule has 2 aliphatic carbocycles. The Kier molecular flexibility index (Phi) is 8.46. The molecule has 0 saturated heterocycles. The zero-order valence-electron chi connectivity index (χ0n) is 20.9. The third-order valence-electron chi connectivity index (χ3n) is 7.45. The summed E-state index contributed by atoms with van der Waals surface area (Å²) in [5.74, 6) is 2.08. The molecule has 6 heteroatoms. The molecule has 0 spiro atoms. The van der Waals surface area contributed by atoms with Crippen LogP contribution in [0.2, 0.25) is 0 Å². The van der Waals surface area contributed by atoms with Gasteiger partial charge in [-0.25, -0.2) is 0 Å². The van der Waals surface area contributed by atoms with Gasteiger partial charge in [-0.2, -0.15) is 0 Å². The van der Waals surface area contributed by atoms with Crippen molar-refractivity contribution < 1.29 is 24.1 Å². The number of methoxy groups -OCH3 is 1. The first-order chi connectivity index (χ1) is 15.7. The number of para-hydroxylation sites is 2. The van der Waals surface area contributed by atoms with Crippen LogP contribution >= 0.6 is 0 Å². The summed E-state index contributed by atoms with van der Waals surface area (Å²) in [6.07, 6.45) is 5.63. The van der Waals surface area contributed by atoms with Crippen molar-refractivity contribution >= 4 is 5.97 Å². The fourth-order valence-electron chi connectivity index (χ4n) is 5.52. The van der Waals surface area contributed by atoms with Gasteiger partial charge in [0.1, 0.15) is 12.7 Å². The summed E-state index contributed by atoms with van der Waals surface area (Å²) in [6, 6.07) is 7.69. The molecule has 1 saturated carbocycles. The summed E-state index contributed by atoms with van der Waals surface area (Å²) >= 11 is 0. The van der Waals surface area contributed by atoms with Gasteiger partial charge < -0.3 is 24.2 Å². The van der Waals surface area contributed by atoms with Crippen molar-refractivity contribution in [3.05, 3.63) is 42.3 Å². The van der Waals surface area contributed by atoms with Crippen LogP contribution in [0.5, 0.6) is 11.5 Å². The Morgan fingerprint density at radius 2 is 1.97 bits per heavy atom. The predicted molar refractivity (Wildman–Crippen MR) is 129 cm³/mol. The topological polar surface area (TPSA) is 68.2 Å². The van der Waals surface area contributed by atoms with E-state index in [1.165, 1.54) is 6.92 Å². The molecule has 1 unspecified atom stereocenters. The van der Waals surface area contributed by atoms with E-state index in [-0.39, 0.29) is 17.8 Å². The van der Waals surface area contributed by atoms with Gasteiger partial charge in [-0.15, -0.1) is 0 Å². The molecular formula is C27H40NO5. The largest absolute Gasteiger partial charge is 0.493 e. The van der Waals surface area contributed by atoms with Crippen molar-refractivity contribution in [3.63, 3.8) is 0 Å². The Balaban J connectivity index is 1.61. The maximum absolute atomic E-state index is 11.7. The molecule has 1 aromatic carbocycles. The highest BCUT2D eigenvalue weighted by molar-refractivity contribution is 5.66. The van der Waals surface area contributed by atoms with Gasteiger partial charge in [0, 0.05) is 32.4 Å². The number of fused-ring (bicyclic) bond motifs is 1. The summed E-state index contributed by atoms with van der Waals surface area (Å²) in [4.78, 5) is 13.8. The van der Waals surface area contributed by atoms with E-state index in [0.29, 0.717) is 18.4 Å². The van der Waals surface area contributed by atoms with Crippen LogP contribution in [-0.2, 0) is 9.53 Å². The molecule has 0 amide bonds. The second-order valence-electron chi connectivity index (χ2n) is 9.90. The van der Waals surface area contributed by atoms with Crippen molar-refractivity contribution in [2.45, 2.75) is 52.2 Å². The van der Waals surface area contributed by atoms with Crippen LogP contribution in [0.25, 0.3) is 0 Å². The first-order valence-corrected chi connectivity index (χ1v) is 12.0. The lowest BCUT2D eigenvalue weighted by Gasteiger charge is -2.53. The maximum Gasteiger partial charge on any atom is 0.303 e. The first kappa shape index (κ1) is 25.6. The normalized spacial score (nSPS) is 30.2. The van der Waals surface area contributed by atoms with Crippen LogP contribution in [0.4, 0.5) is 0 Å². The molecule has 0 aromatic heterocycles. The highest BCUT2D eigenvalue weighted by Gasteiger charge is 2.53. The third kappa shape index (κ3) is 5.90. The number of ether oxygens (including phenoxy) is 3. The molecule has 183 valence electrons.